The summed E-state index contributed by atoms with van der Waals surface area (Å²) in [7, 11) is 0. The molecule has 2 heterocycles. The Kier molecular flexibility index (Phi) is 2.68. The van der Waals surface area contributed by atoms with E-state index in [1.807, 2.05) is 24.3 Å². The number of carboxylic acids is 1. The topological polar surface area (TPSA) is 63.1 Å². The van der Waals surface area contributed by atoms with Crippen LogP contribution in [0.5, 0.6) is 0 Å². The van der Waals surface area contributed by atoms with Gasteiger partial charge in [0, 0.05) is 29.2 Å². The first-order chi connectivity index (χ1) is 9.25. The number of nitrogens with zero attached hydrogens (tertiary/aromatic N) is 2. The molecule has 92 valence electrons. The van der Waals surface area contributed by atoms with Crippen molar-refractivity contribution in [2.24, 2.45) is 0 Å². The second-order valence-corrected chi connectivity index (χ2v) is 4.11. The van der Waals surface area contributed by atoms with Gasteiger partial charge in [0.25, 0.3) is 0 Å². The van der Waals surface area contributed by atoms with Gasteiger partial charge in [0.05, 0.1) is 11.0 Å². The first-order valence-corrected chi connectivity index (χ1v) is 5.79. The number of benzene rings is 1. The number of aromatic nitrogens is 2. The summed E-state index contributed by atoms with van der Waals surface area (Å²) < 4.78 is 0. The van der Waals surface area contributed by atoms with Crippen LogP contribution in [0.1, 0.15) is 5.56 Å². The number of fused-ring (bicyclic) bond motifs is 3. The fourth-order valence-electron chi connectivity index (χ4n) is 2.08. The summed E-state index contributed by atoms with van der Waals surface area (Å²) in [4.78, 5) is 19.3. The summed E-state index contributed by atoms with van der Waals surface area (Å²) >= 11 is 0. The maximum atomic E-state index is 10.6. The van der Waals surface area contributed by atoms with Crippen LogP contribution in [0.2, 0.25) is 0 Å². The van der Waals surface area contributed by atoms with Crippen LogP contribution in [-0.2, 0) is 4.79 Å². The minimum Gasteiger partial charge on any atom is -0.478 e. The Bertz CT molecular complexity index is 809. The second-order valence-electron chi connectivity index (χ2n) is 4.11. The largest absolute Gasteiger partial charge is 0.478 e. The van der Waals surface area contributed by atoms with Crippen molar-refractivity contribution in [2.45, 2.75) is 0 Å². The number of carbonyl (C=O) groups is 1. The van der Waals surface area contributed by atoms with Gasteiger partial charge in [-0.15, -0.1) is 0 Å². The third-order valence-electron chi connectivity index (χ3n) is 2.92. The molecule has 4 heteroatoms. The van der Waals surface area contributed by atoms with Gasteiger partial charge >= 0.3 is 5.97 Å². The molecule has 2 aromatic heterocycles. The Morgan fingerprint density at radius 1 is 1.05 bits per heavy atom. The molecule has 0 fully saturated rings. The summed E-state index contributed by atoms with van der Waals surface area (Å²) in [6, 6.07) is 9.54. The molecule has 0 saturated heterocycles. The molecule has 19 heavy (non-hydrogen) atoms. The van der Waals surface area contributed by atoms with Crippen molar-refractivity contribution in [3.8, 4) is 0 Å². The fourth-order valence-corrected chi connectivity index (χ4v) is 2.08. The van der Waals surface area contributed by atoms with Crippen LogP contribution in [0.3, 0.4) is 0 Å². The molecule has 0 spiro atoms. The Morgan fingerprint density at radius 3 is 2.74 bits per heavy atom. The highest BCUT2D eigenvalue weighted by molar-refractivity contribution is 6.05. The minimum atomic E-state index is -0.969. The van der Waals surface area contributed by atoms with Crippen molar-refractivity contribution in [2.75, 3.05) is 0 Å². The van der Waals surface area contributed by atoms with Gasteiger partial charge in [-0.05, 0) is 23.8 Å². The summed E-state index contributed by atoms with van der Waals surface area (Å²) in [6.45, 7) is 0. The molecule has 0 aliphatic heterocycles. The predicted molar refractivity (Wildman–Crippen MR) is 73.7 cm³/mol. The van der Waals surface area contributed by atoms with Crippen LogP contribution in [-0.4, -0.2) is 21.0 Å². The van der Waals surface area contributed by atoms with Crippen molar-refractivity contribution in [3.05, 3.63) is 54.4 Å². The second kappa shape index (κ2) is 4.49. The lowest BCUT2D eigenvalue weighted by Gasteiger charge is -2.04. The van der Waals surface area contributed by atoms with E-state index in [1.54, 1.807) is 24.5 Å². The maximum Gasteiger partial charge on any atom is 0.328 e. The zero-order valence-electron chi connectivity index (χ0n) is 9.95. The van der Waals surface area contributed by atoms with Crippen LogP contribution in [0, 0.1) is 0 Å². The molecular weight excluding hydrogens is 240 g/mol. The highest BCUT2D eigenvalue weighted by Crippen LogP contribution is 2.24. The maximum absolute atomic E-state index is 10.6. The molecule has 0 radical (unpaired) electrons. The SMILES string of the molecule is O=C(O)/C=C/c1ccnc2c1ccc1cccnc12. The van der Waals surface area contributed by atoms with Crippen molar-refractivity contribution >= 4 is 33.9 Å². The lowest BCUT2D eigenvalue weighted by molar-refractivity contribution is -0.131. The number of carboxylic acid groups (broad SMARTS) is 1. The van der Waals surface area contributed by atoms with E-state index in [-0.39, 0.29) is 0 Å². The van der Waals surface area contributed by atoms with E-state index < -0.39 is 5.97 Å². The average Bonchev–Trinajstić information content (AvgIpc) is 2.44. The summed E-state index contributed by atoms with van der Waals surface area (Å²) in [6.07, 6.45) is 6.08. The van der Waals surface area contributed by atoms with Crippen LogP contribution in [0.25, 0.3) is 27.9 Å². The Balaban J connectivity index is 2.32. The average molecular weight is 250 g/mol. The van der Waals surface area contributed by atoms with Gasteiger partial charge in [0.1, 0.15) is 0 Å². The third-order valence-corrected chi connectivity index (χ3v) is 2.92. The molecule has 0 unspecified atom stereocenters. The van der Waals surface area contributed by atoms with Gasteiger partial charge in [0.2, 0.25) is 0 Å². The standard InChI is InChI=1S/C15H10N2O2/c18-13(19)6-4-10-7-9-17-15-12(10)5-3-11-2-1-8-16-14(11)15/h1-9H,(H,18,19)/b6-4+. The van der Waals surface area contributed by atoms with E-state index in [1.165, 1.54) is 0 Å². The predicted octanol–water partition coefficient (Wildman–Crippen LogP) is 2.88. The summed E-state index contributed by atoms with van der Waals surface area (Å²) in [5.74, 6) is -0.969. The van der Waals surface area contributed by atoms with Crippen LogP contribution in [0.15, 0.2) is 48.8 Å². The number of pyridine rings is 2. The quantitative estimate of drug-likeness (QED) is 0.561. The molecule has 4 nitrogen and oxygen atoms in total. The molecular formula is C15H10N2O2. The zero-order chi connectivity index (χ0) is 13.2. The molecule has 0 aliphatic rings. The van der Waals surface area contributed by atoms with E-state index in [9.17, 15) is 4.79 Å². The van der Waals surface area contributed by atoms with Crippen molar-refractivity contribution < 1.29 is 9.90 Å². The van der Waals surface area contributed by atoms with Gasteiger partial charge in [0.15, 0.2) is 0 Å². The molecule has 0 aliphatic carbocycles. The van der Waals surface area contributed by atoms with Crippen LogP contribution < -0.4 is 0 Å². The van der Waals surface area contributed by atoms with E-state index in [2.05, 4.69) is 9.97 Å². The molecule has 0 amide bonds. The number of rotatable bonds is 2. The van der Waals surface area contributed by atoms with Gasteiger partial charge in [-0.3, -0.25) is 9.97 Å². The lowest BCUT2D eigenvalue weighted by atomic mass is 10.1. The fraction of sp³-hybridized carbons (Fsp3) is 0. The van der Waals surface area contributed by atoms with Crippen LogP contribution >= 0.6 is 0 Å². The Hall–Kier alpha value is -2.75. The highest BCUT2D eigenvalue weighted by Gasteiger charge is 2.05. The number of hydrogen-bond acceptors (Lipinski definition) is 3. The van der Waals surface area contributed by atoms with Crippen molar-refractivity contribution in [1.82, 2.24) is 9.97 Å². The smallest absolute Gasteiger partial charge is 0.328 e. The number of aliphatic carboxylic acids is 1. The van der Waals surface area contributed by atoms with E-state index in [0.29, 0.717) is 0 Å². The number of hydrogen-bond donors (Lipinski definition) is 1. The third kappa shape index (κ3) is 2.04. The minimum absolute atomic E-state index is 0.783. The Morgan fingerprint density at radius 2 is 1.89 bits per heavy atom. The molecule has 0 bridgehead atoms. The van der Waals surface area contributed by atoms with Gasteiger partial charge < -0.3 is 5.11 Å². The molecule has 0 saturated carbocycles. The summed E-state index contributed by atoms with van der Waals surface area (Å²) in [5.41, 5.74) is 2.43. The van der Waals surface area contributed by atoms with E-state index in [0.717, 1.165) is 33.4 Å². The Labute approximate surface area is 109 Å². The van der Waals surface area contributed by atoms with Crippen LogP contribution in [0.4, 0.5) is 0 Å². The van der Waals surface area contributed by atoms with Gasteiger partial charge in [-0.1, -0.05) is 18.2 Å². The zero-order valence-corrected chi connectivity index (χ0v) is 9.95. The molecule has 3 rings (SSSR count). The van der Waals surface area contributed by atoms with Crippen molar-refractivity contribution in [1.29, 1.82) is 0 Å². The summed E-state index contributed by atoms with van der Waals surface area (Å²) in [5, 5.41) is 10.6. The van der Waals surface area contributed by atoms with Gasteiger partial charge in [-0.25, -0.2) is 4.79 Å². The molecule has 3 aromatic rings. The normalized spacial score (nSPS) is 11.4. The van der Waals surface area contributed by atoms with E-state index >= 15 is 0 Å². The lowest BCUT2D eigenvalue weighted by Crippen LogP contribution is -1.89. The first kappa shape index (κ1) is 11.3. The molecule has 1 N–H and O–H groups in total. The first-order valence-electron chi connectivity index (χ1n) is 5.79. The van der Waals surface area contributed by atoms with Crippen molar-refractivity contribution in [3.63, 3.8) is 0 Å². The monoisotopic (exact) mass is 250 g/mol. The van der Waals surface area contributed by atoms with Gasteiger partial charge in [-0.2, -0.15) is 0 Å². The highest BCUT2D eigenvalue weighted by atomic mass is 16.4. The molecule has 1 aromatic carbocycles. The molecule has 0 atom stereocenters. The van der Waals surface area contributed by atoms with E-state index in [4.69, 9.17) is 5.11 Å².